The number of aromatic nitrogens is 1. The summed E-state index contributed by atoms with van der Waals surface area (Å²) in [5.41, 5.74) is 1.01. The summed E-state index contributed by atoms with van der Waals surface area (Å²) in [7, 11) is -1.86. The van der Waals surface area contributed by atoms with Crippen LogP contribution in [0.5, 0.6) is 0 Å². The van der Waals surface area contributed by atoms with Crippen LogP contribution < -0.4 is 10.0 Å². The molecule has 1 atom stereocenters. The number of benzene rings is 1. The molecule has 1 aromatic heterocycles. The Hall–Kier alpha value is -1.63. The average Bonchev–Trinajstić information content (AvgIpc) is 2.49. The van der Waals surface area contributed by atoms with E-state index in [1.165, 1.54) is 6.20 Å². The first-order chi connectivity index (χ1) is 9.94. The van der Waals surface area contributed by atoms with Crippen molar-refractivity contribution in [2.75, 3.05) is 11.8 Å². The molecule has 5 nitrogen and oxygen atoms in total. The van der Waals surface area contributed by atoms with E-state index in [0.717, 1.165) is 5.56 Å². The van der Waals surface area contributed by atoms with Crippen molar-refractivity contribution in [1.29, 1.82) is 0 Å². The van der Waals surface area contributed by atoms with Crippen LogP contribution in [0.1, 0.15) is 18.5 Å². The fourth-order valence-electron chi connectivity index (χ4n) is 1.75. The summed E-state index contributed by atoms with van der Waals surface area (Å²) >= 11 is 5.91. The maximum absolute atomic E-state index is 12.3. The quantitative estimate of drug-likeness (QED) is 0.886. The molecule has 0 aliphatic carbocycles. The van der Waals surface area contributed by atoms with Crippen molar-refractivity contribution in [3.8, 4) is 0 Å². The Bertz CT molecular complexity index is 717. The Labute approximate surface area is 129 Å². The van der Waals surface area contributed by atoms with Gasteiger partial charge in [0, 0.05) is 12.2 Å². The molecule has 2 aromatic rings. The molecular formula is C14H16ClN3O2S. The van der Waals surface area contributed by atoms with Crippen LogP contribution in [-0.4, -0.2) is 20.4 Å². The second kappa shape index (κ2) is 6.43. The van der Waals surface area contributed by atoms with Crippen molar-refractivity contribution in [3.63, 3.8) is 0 Å². The summed E-state index contributed by atoms with van der Waals surface area (Å²) in [5, 5.41) is 3.35. The lowest BCUT2D eigenvalue weighted by Gasteiger charge is -2.12. The van der Waals surface area contributed by atoms with Crippen LogP contribution in [0.3, 0.4) is 0 Å². The average molecular weight is 326 g/mol. The molecule has 0 saturated carbocycles. The number of halogens is 1. The maximum Gasteiger partial charge on any atom is 0.263 e. The smallest absolute Gasteiger partial charge is 0.263 e. The first-order valence-electron chi connectivity index (χ1n) is 6.34. The monoisotopic (exact) mass is 325 g/mol. The van der Waals surface area contributed by atoms with E-state index in [2.05, 4.69) is 15.0 Å². The Morgan fingerprint density at radius 1 is 1.19 bits per heavy atom. The highest BCUT2D eigenvalue weighted by Crippen LogP contribution is 2.22. The lowest BCUT2D eigenvalue weighted by molar-refractivity contribution is 0.600. The third-order valence-electron chi connectivity index (χ3n) is 3.11. The molecule has 0 aliphatic rings. The Balaban J connectivity index is 2.26. The van der Waals surface area contributed by atoms with Gasteiger partial charge in [0.05, 0.1) is 9.92 Å². The Morgan fingerprint density at radius 2 is 1.86 bits per heavy atom. The van der Waals surface area contributed by atoms with Crippen LogP contribution in [0.2, 0.25) is 5.02 Å². The molecule has 7 heteroatoms. The molecule has 112 valence electrons. The SMILES string of the molecule is CNC(C)c1ccc(S(=O)(=O)Nc2ncccc2Cl)cc1. The van der Waals surface area contributed by atoms with Crippen molar-refractivity contribution in [2.24, 2.45) is 0 Å². The van der Waals surface area contributed by atoms with E-state index in [-0.39, 0.29) is 21.8 Å². The molecule has 1 unspecified atom stereocenters. The summed E-state index contributed by atoms with van der Waals surface area (Å²) in [4.78, 5) is 4.08. The molecule has 21 heavy (non-hydrogen) atoms. The first kappa shape index (κ1) is 15.8. The molecule has 0 bridgehead atoms. The van der Waals surface area contributed by atoms with Crippen molar-refractivity contribution in [3.05, 3.63) is 53.2 Å². The van der Waals surface area contributed by atoms with Gasteiger partial charge >= 0.3 is 0 Å². The van der Waals surface area contributed by atoms with Crippen LogP contribution in [0.25, 0.3) is 0 Å². The van der Waals surface area contributed by atoms with E-state index in [1.807, 2.05) is 14.0 Å². The van der Waals surface area contributed by atoms with Crippen LogP contribution in [0.4, 0.5) is 5.82 Å². The Kier molecular flexibility index (Phi) is 4.82. The van der Waals surface area contributed by atoms with E-state index in [0.29, 0.717) is 0 Å². The molecule has 0 aliphatic heterocycles. The van der Waals surface area contributed by atoms with Crippen molar-refractivity contribution >= 4 is 27.4 Å². The van der Waals surface area contributed by atoms with Gasteiger partial charge in [0.1, 0.15) is 0 Å². The van der Waals surface area contributed by atoms with E-state index >= 15 is 0 Å². The zero-order chi connectivity index (χ0) is 15.5. The minimum absolute atomic E-state index is 0.117. The highest BCUT2D eigenvalue weighted by atomic mass is 35.5. The number of anilines is 1. The number of hydrogen-bond acceptors (Lipinski definition) is 4. The van der Waals surface area contributed by atoms with E-state index < -0.39 is 10.0 Å². The molecule has 0 saturated heterocycles. The lowest BCUT2D eigenvalue weighted by Crippen LogP contribution is -2.15. The van der Waals surface area contributed by atoms with Gasteiger partial charge in [-0.15, -0.1) is 0 Å². The molecular weight excluding hydrogens is 310 g/mol. The minimum atomic E-state index is -3.70. The fourth-order valence-corrected chi connectivity index (χ4v) is 3.00. The molecule has 0 amide bonds. The zero-order valence-electron chi connectivity index (χ0n) is 11.7. The van der Waals surface area contributed by atoms with Gasteiger partial charge < -0.3 is 5.32 Å². The normalized spacial score (nSPS) is 12.9. The number of nitrogens with one attached hydrogen (secondary N) is 2. The summed E-state index contributed by atoms with van der Waals surface area (Å²) in [6.07, 6.45) is 1.47. The van der Waals surface area contributed by atoms with Crippen LogP contribution in [0, 0.1) is 0 Å². The molecule has 1 aromatic carbocycles. The van der Waals surface area contributed by atoms with E-state index in [1.54, 1.807) is 36.4 Å². The number of nitrogens with zero attached hydrogens (tertiary/aromatic N) is 1. The second-order valence-corrected chi connectivity index (χ2v) is 6.61. The van der Waals surface area contributed by atoms with Crippen LogP contribution in [-0.2, 0) is 10.0 Å². The standard InChI is InChI=1S/C14H16ClN3O2S/c1-10(16-2)11-5-7-12(8-6-11)21(19,20)18-14-13(15)4-3-9-17-14/h3-10,16H,1-2H3,(H,17,18). The highest BCUT2D eigenvalue weighted by Gasteiger charge is 2.16. The lowest BCUT2D eigenvalue weighted by atomic mass is 10.1. The first-order valence-corrected chi connectivity index (χ1v) is 8.20. The topological polar surface area (TPSA) is 71.1 Å². The van der Waals surface area contributed by atoms with Gasteiger partial charge in [-0.1, -0.05) is 23.7 Å². The molecule has 0 spiro atoms. The number of hydrogen-bond donors (Lipinski definition) is 2. The van der Waals surface area contributed by atoms with Crippen molar-refractivity contribution < 1.29 is 8.42 Å². The summed E-state index contributed by atoms with van der Waals surface area (Å²) < 4.78 is 26.9. The molecule has 0 fully saturated rings. The third-order valence-corrected chi connectivity index (χ3v) is 4.77. The van der Waals surface area contributed by atoms with Crippen molar-refractivity contribution in [1.82, 2.24) is 10.3 Å². The van der Waals surface area contributed by atoms with Gasteiger partial charge in [-0.25, -0.2) is 13.4 Å². The van der Waals surface area contributed by atoms with Gasteiger partial charge in [0.25, 0.3) is 10.0 Å². The number of pyridine rings is 1. The predicted octanol–water partition coefficient (Wildman–Crippen LogP) is 2.82. The van der Waals surface area contributed by atoms with Gasteiger partial charge in [0.2, 0.25) is 0 Å². The van der Waals surface area contributed by atoms with Crippen LogP contribution >= 0.6 is 11.6 Å². The summed E-state index contributed by atoms with van der Waals surface area (Å²) in [5.74, 6) is 0.117. The molecule has 2 rings (SSSR count). The minimum Gasteiger partial charge on any atom is -0.313 e. The summed E-state index contributed by atoms with van der Waals surface area (Å²) in [6.45, 7) is 2.00. The molecule has 0 radical (unpaired) electrons. The maximum atomic E-state index is 12.3. The third kappa shape index (κ3) is 3.72. The second-order valence-electron chi connectivity index (χ2n) is 4.52. The fraction of sp³-hybridized carbons (Fsp3) is 0.214. The largest absolute Gasteiger partial charge is 0.313 e. The molecule has 1 heterocycles. The summed E-state index contributed by atoms with van der Waals surface area (Å²) in [6, 6.07) is 10.0. The van der Waals surface area contributed by atoms with Gasteiger partial charge in [-0.05, 0) is 43.8 Å². The predicted molar refractivity (Wildman–Crippen MR) is 84.0 cm³/mol. The zero-order valence-corrected chi connectivity index (χ0v) is 13.2. The number of rotatable bonds is 5. The highest BCUT2D eigenvalue weighted by molar-refractivity contribution is 7.92. The molecule has 2 N–H and O–H groups in total. The van der Waals surface area contributed by atoms with Gasteiger partial charge in [0.15, 0.2) is 5.82 Å². The number of sulfonamides is 1. The Morgan fingerprint density at radius 3 is 2.43 bits per heavy atom. The van der Waals surface area contributed by atoms with E-state index in [4.69, 9.17) is 11.6 Å². The van der Waals surface area contributed by atoms with E-state index in [9.17, 15) is 8.42 Å². The van der Waals surface area contributed by atoms with Crippen molar-refractivity contribution in [2.45, 2.75) is 17.9 Å². The van der Waals surface area contributed by atoms with Gasteiger partial charge in [-0.3, -0.25) is 4.72 Å². The van der Waals surface area contributed by atoms with Crippen LogP contribution in [0.15, 0.2) is 47.5 Å². The van der Waals surface area contributed by atoms with Gasteiger partial charge in [-0.2, -0.15) is 0 Å².